The van der Waals surface area contributed by atoms with Gasteiger partial charge in [0.05, 0.1) is 22.1 Å². The maximum Gasteiger partial charge on any atom is 0.274 e. The van der Waals surface area contributed by atoms with Gasteiger partial charge in [0.2, 0.25) is 11.8 Å². The molecule has 1 heterocycles. The van der Waals surface area contributed by atoms with Crippen molar-refractivity contribution in [2.75, 3.05) is 16.8 Å². The van der Waals surface area contributed by atoms with Crippen molar-refractivity contribution in [3.05, 3.63) is 63.7 Å². The van der Waals surface area contributed by atoms with Crippen molar-refractivity contribution in [3.63, 3.8) is 0 Å². The lowest BCUT2D eigenvalue weighted by Crippen LogP contribution is -2.28. The predicted octanol–water partition coefficient (Wildman–Crippen LogP) is 3.20. The molecule has 0 aliphatic carbocycles. The highest BCUT2D eigenvalue weighted by Crippen LogP contribution is 2.29. The van der Waals surface area contributed by atoms with E-state index in [1.165, 1.54) is 12.1 Å². The van der Waals surface area contributed by atoms with Crippen molar-refractivity contribution < 1.29 is 14.5 Å². The fourth-order valence-corrected chi connectivity index (χ4v) is 3.05. The first-order valence-electron chi connectivity index (χ1n) is 8.28. The summed E-state index contributed by atoms with van der Waals surface area (Å²) in [6, 6.07) is 12.1. The zero-order valence-electron chi connectivity index (χ0n) is 14.6. The number of amides is 2. The summed E-state index contributed by atoms with van der Waals surface area (Å²) in [5.74, 6) is -0.913. The monoisotopic (exact) mass is 353 g/mol. The lowest BCUT2D eigenvalue weighted by atomic mass is 10.1. The van der Waals surface area contributed by atoms with Gasteiger partial charge in [-0.3, -0.25) is 19.7 Å². The molecule has 0 bridgehead atoms. The van der Waals surface area contributed by atoms with Gasteiger partial charge in [0, 0.05) is 24.7 Å². The SMILES string of the molecule is Cc1ccc(N2CC(C(=O)Nc3cccc([N+](=O)[O-])c3C)CC2=O)cc1. The first-order valence-corrected chi connectivity index (χ1v) is 8.28. The number of nitrogens with zero attached hydrogens (tertiary/aromatic N) is 2. The van der Waals surface area contributed by atoms with Crippen LogP contribution < -0.4 is 10.2 Å². The summed E-state index contributed by atoms with van der Waals surface area (Å²) in [5.41, 5.74) is 2.60. The average Bonchev–Trinajstić information content (AvgIpc) is 2.99. The zero-order chi connectivity index (χ0) is 18.8. The average molecular weight is 353 g/mol. The number of aryl methyl sites for hydroxylation is 1. The second-order valence-electron chi connectivity index (χ2n) is 6.44. The van der Waals surface area contributed by atoms with Gasteiger partial charge in [0.25, 0.3) is 5.69 Å². The van der Waals surface area contributed by atoms with E-state index >= 15 is 0 Å². The Morgan fingerprint density at radius 3 is 2.54 bits per heavy atom. The Kier molecular flexibility index (Phi) is 4.71. The van der Waals surface area contributed by atoms with Gasteiger partial charge in [-0.15, -0.1) is 0 Å². The minimum absolute atomic E-state index is 0.0495. The van der Waals surface area contributed by atoms with Crippen LogP contribution in [0.1, 0.15) is 17.5 Å². The molecule has 0 spiro atoms. The fourth-order valence-electron chi connectivity index (χ4n) is 3.05. The number of carbonyl (C=O) groups excluding carboxylic acids is 2. The second-order valence-corrected chi connectivity index (χ2v) is 6.44. The highest BCUT2D eigenvalue weighted by Gasteiger charge is 2.35. The van der Waals surface area contributed by atoms with Crippen LogP contribution in [0.25, 0.3) is 0 Å². The molecule has 1 saturated heterocycles. The molecular weight excluding hydrogens is 334 g/mol. The van der Waals surface area contributed by atoms with E-state index in [-0.39, 0.29) is 23.9 Å². The maximum absolute atomic E-state index is 12.6. The third kappa shape index (κ3) is 3.42. The summed E-state index contributed by atoms with van der Waals surface area (Å²) in [5, 5.41) is 13.8. The standard InChI is InChI=1S/C19H19N3O4/c1-12-6-8-15(9-7-12)21-11-14(10-18(21)23)19(24)20-16-4-3-5-17(13(16)2)22(25)26/h3-9,14H,10-11H2,1-2H3,(H,20,24). The van der Waals surface area contributed by atoms with Gasteiger partial charge in [-0.1, -0.05) is 23.8 Å². The Balaban J connectivity index is 1.74. The Labute approximate surface area is 150 Å². The van der Waals surface area contributed by atoms with E-state index in [4.69, 9.17) is 0 Å². The largest absolute Gasteiger partial charge is 0.325 e. The molecule has 0 saturated carbocycles. The van der Waals surface area contributed by atoms with Crippen molar-refractivity contribution in [1.29, 1.82) is 0 Å². The molecule has 0 radical (unpaired) electrons. The smallest absolute Gasteiger partial charge is 0.274 e. The summed E-state index contributed by atoms with van der Waals surface area (Å²) in [6.45, 7) is 3.85. The maximum atomic E-state index is 12.6. The molecule has 3 rings (SSSR count). The van der Waals surface area contributed by atoms with Gasteiger partial charge in [0.1, 0.15) is 0 Å². The molecule has 26 heavy (non-hydrogen) atoms. The van der Waals surface area contributed by atoms with Gasteiger partial charge in [-0.25, -0.2) is 0 Å². The van der Waals surface area contributed by atoms with E-state index in [9.17, 15) is 19.7 Å². The van der Waals surface area contributed by atoms with Crippen molar-refractivity contribution in [2.24, 2.45) is 5.92 Å². The Hall–Kier alpha value is -3.22. The number of anilines is 2. The van der Waals surface area contributed by atoms with Crippen molar-refractivity contribution >= 4 is 28.9 Å². The third-order valence-corrected chi connectivity index (χ3v) is 4.60. The van der Waals surface area contributed by atoms with Crippen LogP contribution in [-0.4, -0.2) is 23.3 Å². The van der Waals surface area contributed by atoms with E-state index in [1.807, 2.05) is 31.2 Å². The molecule has 1 N–H and O–H groups in total. The van der Waals surface area contributed by atoms with E-state index in [0.717, 1.165) is 11.3 Å². The van der Waals surface area contributed by atoms with Crippen LogP contribution >= 0.6 is 0 Å². The summed E-state index contributed by atoms with van der Waals surface area (Å²) in [4.78, 5) is 37.0. The van der Waals surface area contributed by atoms with Crippen LogP contribution in [0.15, 0.2) is 42.5 Å². The molecule has 1 unspecified atom stereocenters. The third-order valence-electron chi connectivity index (χ3n) is 4.60. The molecule has 1 atom stereocenters. The van der Waals surface area contributed by atoms with E-state index in [0.29, 0.717) is 17.8 Å². The molecule has 1 aliphatic rings. The quantitative estimate of drug-likeness (QED) is 0.675. The van der Waals surface area contributed by atoms with Crippen molar-refractivity contribution in [1.82, 2.24) is 0 Å². The van der Waals surface area contributed by atoms with E-state index in [1.54, 1.807) is 17.9 Å². The molecule has 2 amide bonds. The van der Waals surface area contributed by atoms with Crippen LogP contribution in [0.4, 0.5) is 17.1 Å². The number of nitro benzene ring substituents is 1. The van der Waals surface area contributed by atoms with Crippen LogP contribution in [-0.2, 0) is 9.59 Å². The topological polar surface area (TPSA) is 92.6 Å². The number of carbonyl (C=O) groups is 2. The molecular formula is C19H19N3O4. The Morgan fingerprint density at radius 2 is 1.88 bits per heavy atom. The number of nitro groups is 1. The summed E-state index contributed by atoms with van der Waals surface area (Å²) in [7, 11) is 0. The molecule has 0 aromatic heterocycles. The fraction of sp³-hybridized carbons (Fsp3) is 0.263. The Morgan fingerprint density at radius 1 is 1.19 bits per heavy atom. The van der Waals surface area contributed by atoms with Crippen LogP contribution in [0.2, 0.25) is 0 Å². The van der Waals surface area contributed by atoms with E-state index < -0.39 is 10.8 Å². The molecule has 1 fully saturated rings. The number of nitrogens with one attached hydrogen (secondary N) is 1. The number of benzene rings is 2. The second kappa shape index (κ2) is 6.95. The highest BCUT2D eigenvalue weighted by atomic mass is 16.6. The number of hydrogen-bond acceptors (Lipinski definition) is 4. The summed E-state index contributed by atoms with van der Waals surface area (Å²) < 4.78 is 0. The van der Waals surface area contributed by atoms with Crippen LogP contribution in [0.5, 0.6) is 0 Å². The minimum atomic E-state index is -0.498. The van der Waals surface area contributed by atoms with Gasteiger partial charge >= 0.3 is 0 Å². The summed E-state index contributed by atoms with van der Waals surface area (Å²) in [6.07, 6.45) is 0.119. The highest BCUT2D eigenvalue weighted by molar-refractivity contribution is 6.03. The number of rotatable bonds is 4. The molecule has 7 nitrogen and oxygen atoms in total. The first-order chi connectivity index (χ1) is 12.4. The molecule has 134 valence electrons. The summed E-state index contributed by atoms with van der Waals surface area (Å²) >= 11 is 0. The Bertz CT molecular complexity index is 877. The lowest BCUT2D eigenvalue weighted by molar-refractivity contribution is -0.385. The molecule has 1 aliphatic heterocycles. The minimum Gasteiger partial charge on any atom is -0.325 e. The van der Waals surface area contributed by atoms with Crippen molar-refractivity contribution in [2.45, 2.75) is 20.3 Å². The van der Waals surface area contributed by atoms with Gasteiger partial charge < -0.3 is 10.2 Å². The van der Waals surface area contributed by atoms with Gasteiger partial charge in [-0.05, 0) is 32.0 Å². The van der Waals surface area contributed by atoms with E-state index in [2.05, 4.69) is 5.32 Å². The van der Waals surface area contributed by atoms with Crippen LogP contribution in [0, 0.1) is 29.9 Å². The van der Waals surface area contributed by atoms with Gasteiger partial charge in [-0.2, -0.15) is 0 Å². The molecule has 2 aromatic carbocycles. The first kappa shape index (κ1) is 17.6. The predicted molar refractivity (Wildman–Crippen MR) is 98.1 cm³/mol. The zero-order valence-corrected chi connectivity index (χ0v) is 14.6. The molecule has 2 aromatic rings. The number of hydrogen-bond donors (Lipinski definition) is 1. The van der Waals surface area contributed by atoms with Gasteiger partial charge in [0.15, 0.2) is 0 Å². The lowest BCUT2D eigenvalue weighted by Gasteiger charge is -2.17. The normalized spacial score (nSPS) is 16.6. The van der Waals surface area contributed by atoms with Crippen LogP contribution in [0.3, 0.4) is 0 Å². The molecule has 7 heteroatoms. The van der Waals surface area contributed by atoms with Crippen molar-refractivity contribution in [3.8, 4) is 0 Å².